The van der Waals surface area contributed by atoms with Gasteiger partial charge in [-0.15, -0.1) is 0 Å². The SMILES string of the molecule is Cc1nc(-c2ccc3c(c2)C(c2ccccc2)(c2ccccc2)c2ccccc2-3)nc(C23C[C@@H]4CC5C[C@@H](C2)C54C3)n1. The first-order valence-corrected chi connectivity index (χ1v) is 15.7. The first-order chi connectivity index (χ1) is 20.6. The summed E-state index contributed by atoms with van der Waals surface area (Å²) in [6.07, 6.45) is 6.78. The number of nitrogens with zero attached hydrogens (tertiary/aromatic N) is 3. The number of aromatic nitrogens is 3. The molecule has 0 aliphatic heterocycles. The van der Waals surface area contributed by atoms with Gasteiger partial charge in [-0.2, -0.15) is 0 Å². The number of rotatable bonds is 4. The molecular formula is C39H33N3. The van der Waals surface area contributed by atoms with Gasteiger partial charge in [-0.1, -0.05) is 97.1 Å². The summed E-state index contributed by atoms with van der Waals surface area (Å²) in [5.41, 5.74) is 9.25. The van der Waals surface area contributed by atoms with Crippen LogP contribution < -0.4 is 0 Å². The van der Waals surface area contributed by atoms with Crippen LogP contribution in [0, 0.1) is 30.1 Å². The lowest BCUT2D eigenvalue weighted by atomic mass is 9.38. The molecule has 0 saturated heterocycles. The topological polar surface area (TPSA) is 38.7 Å². The molecule has 0 unspecified atom stereocenters. The highest BCUT2D eigenvalue weighted by molar-refractivity contribution is 5.87. The zero-order chi connectivity index (χ0) is 27.7. The molecule has 2 atom stereocenters. The zero-order valence-corrected chi connectivity index (χ0v) is 23.9. The Morgan fingerprint density at radius 1 is 0.619 bits per heavy atom. The van der Waals surface area contributed by atoms with Crippen molar-refractivity contribution in [2.24, 2.45) is 23.2 Å². The third-order valence-corrected chi connectivity index (χ3v) is 12.3. The molecule has 1 aromatic heterocycles. The molecule has 5 aliphatic carbocycles. The molecule has 42 heavy (non-hydrogen) atoms. The van der Waals surface area contributed by atoms with E-state index in [4.69, 9.17) is 15.0 Å². The van der Waals surface area contributed by atoms with Crippen molar-refractivity contribution in [3.63, 3.8) is 0 Å². The Morgan fingerprint density at radius 3 is 1.93 bits per heavy atom. The van der Waals surface area contributed by atoms with Gasteiger partial charge in [0.15, 0.2) is 5.82 Å². The normalized spacial score (nSPS) is 30.2. The van der Waals surface area contributed by atoms with Crippen LogP contribution in [0.3, 0.4) is 0 Å². The van der Waals surface area contributed by atoms with E-state index in [9.17, 15) is 0 Å². The minimum absolute atomic E-state index is 0.161. The van der Waals surface area contributed by atoms with Crippen LogP contribution in [0.25, 0.3) is 22.5 Å². The van der Waals surface area contributed by atoms with E-state index in [1.165, 1.54) is 65.5 Å². The van der Waals surface area contributed by atoms with Gasteiger partial charge in [0.2, 0.25) is 0 Å². The van der Waals surface area contributed by atoms with E-state index in [1.807, 2.05) is 0 Å². The molecule has 0 amide bonds. The summed E-state index contributed by atoms with van der Waals surface area (Å²) in [6.45, 7) is 2.06. The maximum atomic E-state index is 5.35. The molecule has 0 radical (unpaired) electrons. The Labute approximate surface area is 247 Å². The fourth-order valence-corrected chi connectivity index (χ4v) is 10.8. The van der Waals surface area contributed by atoms with Gasteiger partial charge in [-0.25, -0.2) is 15.0 Å². The second-order valence-corrected chi connectivity index (χ2v) is 13.9. The van der Waals surface area contributed by atoms with Crippen molar-refractivity contribution in [2.75, 3.05) is 0 Å². The Hall–Kier alpha value is -4.11. The summed E-state index contributed by atoms with van der Waals surface area (Å²) in [7, 11) is 0. The Kier molecular flexibility index (Phi) is 4.37. The largest absolute Gasteiger partial charge is 0.218 e. The molecule has 5 aliphatic rings. The Bertz CT molecular complexity index is 1850. The van der Waals surface area contributed by atoms with Gasteiger partial charge in [0.25, 0.3) is 0 Å². The predicted octanol–water partition coefficient (Wildman–Crippen LogP) is 8.29. The van der Waals surface area contributed by atoms with E-state index >= 15 is 0 Å². The van der Waals surface area contributed by atoms with E-state index in [0.29, 0.717) is 5.41 Å². The highest BCUT2D eigenvalue weighted by Crippen LogP contribution is 2.84. The number of fused-ring (bicyclic) bond motifs is 4. The average Bonchev–Trinajstić information content (AvgIpc) is 3.63. The second kappa shape index (κ2) is 7.83. The maximum Gasteiger partial charge on any atom is 0.163 e. The minimum atomic E-state index is -0.419. The summed E-state index contributed by atoms with van der Waals surface area (Å²) < 4.78 is 0. The van der Waals surface area contributed by atoms with Crippen LogP contribution in [0.5, 0.6) is 0 Å². The van der Waals surface area contributed by atoms with Gasteiger partial charge in [-0.3, -0.25) is 0 Å². The molecule has 1 heterocycles. The van der Waals surface area contributed by atoms with Crippen LogP contribution in [0.4, 0.5) is 0 Å². The predicted molar refractivity (Wildman–Crippen MR) is 165 cm³/mol. The molecule has 3 heteroatoms. The molecule has 3 nitrogen and oxygen atoms in total. The van der Waals surface area contributed by atoms with E-state index in [-0.39, 0.29) is 5.41 Å². The van der Waals surface area contributed by atoms with E-state index in [2.05, 4.69) is 110 Å². The van der Waals surface area contributed by atoms with Gasteiger partial charge in [0.1, 0.15) is 11.6 Å². The molecule has 4 aromatic carbocycles. The van der Waals surface area contributed by atoms with Crippen LogP contribution >= 0.6 is 0 Å². The lowest BCUT2D eigenvalue weighted by Gasteiger charge is -2.66. The lowest BCUT2D eigenvalue weighted by molar-refractivity contribution is -0.175. The van der Waals surface area contributed by atoms with Gasteiger partial charge in [-0.05, 0) is 102 Å². The number of hydrogen-bond donors (Lipinski definition) is 0. The first-order valence-electron chi connectivity index (χ1n) is 15.7. The van der Waals surface area contributed by atoms with Gasteiger partial charge >= 0.3 is 0 Å². The number of benzene rings is 4. The number of aryl methyl sites for hydroxylation is 1. The minimum Gasteiger partial charge on any atom is -0.218 e. The van der Waals surface area contributed by atoms with Crippen molar-refractivity contribution in [3.05, 3.63) is 137 Å². The fourth-order valence-electron chi connectivity index (χ4n) is 10.8. The molecule has 10 rings (SSSR count). The quantitative estimate of drug-likeness (QED) is 0.225. The summed E-state index contributed by atoms with van der Waals surface area (Å²) in [4.78, 5) is 15.4. The van der Waals surface area contributed by atoms with Crippen molar-refractivity contribution in [1.29, 1.82) is 0 Å². The van der Waals surface area contributed by atoms with Crippen molar-refractivity contribution in [1.82, 2.24) is 15.0 Å². The molecule has 4 saturated carbocycles. The number of hydrogen-bond acceptors (Lipinski definition) is 3. The molecule has 0 N–H and O–H groups in total. The van der Waals surface area contributed by atoms with Crippen LogP contribution in [0.2, 0.25) is 0 Å². The molecule has 5 aromatic rings. The smallest absolute Gasteiger partial charge is 0.163 e. The van der Waals surface area contributed by atoms with Crippen molar-refractivity contribution in [3.8, 4) is 22.5 Å². The van der Waals surface area contributed by atoms with Crippen LogP contribution in [-0.2, 0) is 10.8 Å². The third kappa shape index (κ3) is 2.67. The summed E-state index contributed by atoms with van der Waals surface area (Å²) in [5.74, 6) is 5.55. The van der Waals surface area contributed by atoms with Gasteiger partial charge in [0, 0.05) is 11.0 Å². The van der Waals surface area contributed by atoms with Crippen molar-refractivity contribution >= 4 is 0 Å². The Morgan fingerprint density at radius 2 is 1.26 bits per heavy atom. The standard InChI is InChI=1S/C39H33N3/c1-24-40-35(42-36(41-24)37-21-29-19-28-20-30(22-37)38(28,29)23-37)25-16-17-32-31-14-8-9-15-33(31)39(34(32)18-25,26-10-4-2-5-11-26)27-12-6-3-7-13-27/h2-18,28-30H,19-23H2,1H3/t28?,29-,30-,37?,38?/m0/s1. The van der Waals surface area contributed by atoms with Crippen molar-refractivity contribution < 1.29 is 0 Å². The summed E-state index contributed by atoms with van der Waals surface area (Å²) in [5, 5.41) is 0. The highest BCUT2D eigenvalue weighted by Gasteiger charge is 2.78. The van der Waals surface area contributed by atoms with Gasteiger partial charge in [0.05, 0.1) is 5.41 Å². The van der Waals surface area contributed by atoms with Crippen LogP contribution in [-0.4, -0.2) is 15.0 Å². The summed E-state index contributed by atoms with van der Waals surface area (Å²) in [6, 6.07) is 37.9. The van der Waals surface area contributed by atoms with Crippen LogP contribution in [0.15, 0.2) is 103 Å². The van der Waals surface area contributed by atoms with Crippen LogP contribution in [0.1, 0.15) is 66.0 Å². The monoisotopic (exact) mass is 543 g/mol. The highest BCUT2D eigenvalue weighted by atomic mass is 15.1. The zero-order valence-electron chi connectivity index (χ0n) is 23.9. The van der Waals surface area contributed by atoms with E-state index < -0.39 is 5.41 Å². The molecule has 204 valence electrons. The van der Waals surface area contributed by atoms with E-state index in [0.717, 1.165) is 40.8 Å². The third-order valence-electron chi connectivity index (χ3n) is 12.3. The lowest BCUT2D eigenvalue weighted by Crippen LogP contribution is -2.59. The second-order valence-electron chi connectivity index (χ2n) is 13.9. The van der Waals surface area contributed by atoms with E-state index in [1.54, 1.807) is 0 Å². The molecule has 1 spiro atoms. The first kappa shape index (κ1) is 23.5. The molecular weight excluding hydrogens is 510 g/mol. The molecule has 2 bridgehead atoms. The summed E-state index contributed by atoms with van der Waals surface area (Å²) >= 11 is 0. The van der Waals surface area contributed by atoms with Crippen molar-refractivity contribution in [2.45, 2.75) is 49.9 Å². The van der Waals surface area contributed by atoms with Gasteiger partial charge < -0.3 is 0 Å². The maximum absolute atomic E-state index is 5.35. The average molecular weight is 544 g/mol. The molecule has 4 fully saturated rings. The fraction of sp³-hybridized carbons (Fsp3) is 0.308. The Balaban J connectivity index is 1.18.